The summed E-state index contributed by atoms with van der Waals surface area (Å²) < 4.78 is 2.13. The van der Waals surface area contributed by atoms with Gasteiger partial charge >= 0.3 is 0 Å². The molecule has 0 radical (unpaired) electrons. The van der Waals surface area contributed by atoms with Gasteiger partial charge in [-0.3, -0.25) is 4.68 Å². The van der Waals surface area contributed by atoms with Crippen molar-refractivity contribution >= 4 is 0 Å². The topological polar surface area (TPSA) is 21.1 Å². The number of nitrogens with zero attached hydrogens (tertiary/aromatic N) is 3. The first-order chi connectivity index (χ1) is 6.29. The van der Waals surface area contributed by atoms with E-state index in [0.717, 1.165) is 13.0 Å². The van der Waals surface area contributed by atoms with Crippen molar-refractivity contribution in [2.45, 2.75) is 25.8 Å². The third kappa shape index (κ3) is 1.75. The summed E-state index contributed by atoms with van der Waals surface area (Å²) in [4.78, 5) is 2.36. The van der Waals surface area contributed by atoms with E-state index in [1.54, 1.807) is 0 Å². The highest BCUT2D eigenvalue weighted by atomic mass is 15.3. The molecule has 1 fully saturated rings. The van der Waals surface area contributed by atoms with Gasteiger partial charge in [-0.2, -0.15) is 5.10 Å². The fourth-order valence-electron chi connectivity index (χ4n) is 1.89. The Morgan fingerprint density at radius 2 is 2.46 bits per heavy atom. The van der Waals surface area contributed by atoms with E-state index in [-0.39, 0.29) is 0 Å². The van der Waals surface area contributed by atoms with Gasteiger partial charge in [-0.25, -0.2) is 0 Å². The molecule has 3 heteroatoms. The van der Waals surface area contributed by atoms with Crippen LogP contribution in [0.25, 0.3) is 0 Å². The van der Waals surface area contributed by atoms with Crippen LogP contribution in [0, 0.1) is 0 Å². The Kier molecular flexibility index (Phi) is 2.36. The summed E-state index contributed by atoms with van der Waals surface area (Å²) in [5.41, 5.74) is 1.34. The highest BCUT2D eigenvalue weighted by molar-refractivity contribution is 5.04. The molecule has 72 valence electrons. The molecular weight excluding hydrogens is 162 g/mol. The summed E-state index contributed by atoms with van der Waals surface area (Å²) in [5.74, 6) is 0. The maximum absolute atomic E-state index is 4.39. The number of hydrogen-bond acceptors (Lipinski definition) is 2. The third-order valence-corrected chi connectivity index (χ3v) is 2.80. The highest BCUT2D eigenvalue weighted by Crippen LogP contribution is 2.19. The number of aromatic nitrogens is 2. The summed E-state index contributed by atoms with van der Waals surface area (Å²) in [6, 6.07) is 0.602. The van der Waals surface area contributed by atoms with E-state index in [1.165, 1.54) is 18.5 Å². The quantitative estimate of drug-likeness (QED) is 0.682. The molecule has 1 atom stereocenters. The van der Waals surface area contributed by atoms with Crippen LogP contribution in [-0.4, -0.2) is 34.8 Å². The molecule has 1 unspecified atom stereocenters. The normalized spacial score (nSPS) is 24.0. The van der Waals surface area contributed by atoms with E-state index in [0.29, 0.717) is 6.04 Å². The van der Waals surface area contributed by atoms with Gasteiger partial charge in [-0.1, -0.05) is 6.92 Å². The highest BCUT2D eigenvalue weighted by Gasteiger charge is 2.21. The lowest BCUT2D eigenvalue weighted by molar-refractivity contribution is 0.382. The fourth-order valence-corrected chi connectivity index (χ4v) is 1.89. The van der Waals surface area contributed by atoms with E-state index in [2.05, 4.69) is 34.8 Å². The Bertz CT molecular complexity index is 279. The van der Waals surface area contributed by atoms with Crippen molar-refractivity contribution < 1.29 is 0 Å². The standard InChI is InChI=1S/C10H17N3/c1-3-9-6-11-13(7-9)10-4-5-12(2)8-10/h6-7,10H,3-5,8H2,1-2H3. The van der Waals surface area contributed by atoms with Gasteiger partial charge in [0.15, 0.2) is 0 Å². The van der Waals surface area contributed by atoms with Crippen molar-refractivity contribution in [3.8, 4) is 0 Å². The van der Waals surface area contributed by atoms with Gasteiger partial charge in [0.25, 0.3) is 0 Å². The van der Waals surface area contributed by atoms with E-state index in [4.69, 9.17) is 0 Å². The molecule has 0 N–H and O–H groups in total. The Morgan fingerprint density at radius 3 is 3.00 bits per heavy atom. The minimum absolute atomic E-state index is 0.602. The van der Waals surface area contributed by atoms with Gasteiger partial charge in [-0.15, -0.1) is 0 Å². The van der Waals surface area contributed by atoms with Crippen LogP contribution in [0.3, 0.4) is 0 Å². The predicted octanol–water partition coefficient (Wildman–Crippen LogP) is 1.32. The van der Waals surface area contributed by atoms with Crippen LogP contribution in [0.1, 0.15) is 24.9 Å². The van der Waals surface area contributed by atoms with Crippen molar-refractivity contribution in [3.63, 3.8) is 0 Å². The first-order valence-corrected chi connectivity index (χ1v) is 5.01. The molecule has 3 nitrogen and oxygen atoms in total. The lowest BCUT2D eigenvalue weighted by atomic mass is 10.2. The molecule has 2 heterocycles. The summed E-state index contributed by atoms with van der Waals surface area (Å²) in [6.07, 6.45) is 6.49. The van der Waals surface area contributed by atoms with Crippen molar-refractivity contribution in [1.29, 1.82) is 0 Å². The summed E-state index contributed by atoms with van der Waals surface area (Å²) in [6.45, 7) is 4.51. The minimum Gasteiger partial charge on any atom is -0.304 e. The number of hydrogen-bond donors (Lipinski definition) is 0. The van der Waals surface area contributed by atoms with Gasteiger partial charge in [0.1, 0.15) is 0 Å². The largest absolute Gasteiger partial charge is 0.304 e. The van der Waals surface area contributed by atoms with Crippen LogP contribution in [0.2, 0.25) is 0 Å². The first kappa shape index (κ1) is 8.75. The molecule has 1 aromatic heterocycles. The Balaban J connectivity index is 2.08. The number of rotatable bonds is 2. The second-order valence-electron chi connectivity index (χ2n) is 3.89. The molecule has 1 aliphatic rings. The van der Waals surface area contributed by atoms with Crippen molar-refractivity contribution in [2.75, 3.05) is 20.1 Å². The van der Waals surface area contributed by atoms with E-state index in [9.17, 15) is 0 Å². The number of aryl methyl sites for hydroxylation is 1. The summed E-state index contributed by atoms with van der Waals surface area (Å²) >= 11 is 0. The molecule has 0 spiro atoms. The zero-order valence-electron chi connectivity index (χ0n) is 8.40. The van der Waals surface area contributed by atoms with Crippen LogP contribution in [-0.2, 0) is 6.42 Å². The maximum atomic E-state index is 4.39. The van der Waals surface area contributed by atoms with Gasteiger partial charge in [0, 0.05) is 12.7 Å². The Morgan fingerprint density at radius 1 is 1.62 bits per heavy atom. The zero-order chi connectivity index (χ0) is 9.26. The van der Waals surface area contributed by atoms with Crippen molar-refractivity contribution in [2.24, 2.45) is 0 Å². The molecule has 13 heavy (non-hydrogen) atoms. The van der Waals surface area contributed by atoms with Gasteiger partial charge < -0.3 is 4.90 Å². The Hall–Kier alpha value is -0.830. The van der Waals surface area contributed by atoms with E-state index in [1.807, 2.05) is 6.20 Å². The second kappa shape index (κ2) is 3.50. The molecule has 0 bridgehead atoms. The molecule has 0 aromatic carbocycles. The maximum Gasteiger partial charge on any atom is 0.0658 e. The second-order valence-corrected chi connectivity index (χ2v) is 3.89. The van der Waals surface area contributed by atoms with Crippen LogP contribution < -0.4 is 0 Å². The summed E-state index contributed by atoms with van der Waals surface area (Å²) in [7, 11) is 2.17. The molecule has 0 amide bonds. The lowest BCUT2D eigenvalue weighted by Gasteiger charge is -2.10. The van der Waals surface area contributed by atoms with Gasteiger partial charge in [0.2, 0.25) is 0 Å². The van der Waals surface area contributed by atoms with Crippen LogP contribution in [0.15, 0.2) is 12.4 Å². The van der Waals surface area contributed by atoms with Crippen molar-refractivity contribution in [1.82, 2.24) is 14.7 Å². The predicted molar refractivity (Wildman–Crippen MR) is 52.8 cm³/mol. The van der Waals surface area contributed by atoms with Gasteiger partial charge in [-0.05, 0) is 32.0 Å². The van der Waals surface area contributed by atoms with Crippen LogP contribution in [0.5, 0.6) is 0 Å². The minimum atomic E-state index is 0.602. The van der Waals surface area contributed by atoms with E-state index < -0.39 is 0 Å². The lowest BCUT2D eigenvalue weighted by Crippen LogP contribution is -2.16. The SMILES string of the molecule is CCc1cnn(C2CCN(C)C2)c1. The third-order valence-electron chi connectivity index (χ3n) is 2.80. The first-order valence-electron chi connectivity index (χ1n) is 5.01. The van der Waals surface area contributed by atoms with Gasteiger partial charge in [0.05, 0.1) is 12.2 Å². The average molecular weight is 179 g/mol. The summed E-state index contributed by atoms with van der Waals surface area (Å²) in [5, 5.41) is 4.39. The molecule has 1 saturated heterocycles. The number of likely N-dealkylation sites (tertiary alicyclic amines) is 1. The monoisotopic (exact) mass is 179 g/mol. The van der Waals surface area contributed by atoms with E-state index >= 15 is 0 Å². The average Bonchev–Trinajstić information content (AvgIpc) is 2.71. The molecular formula is C10H17N3. The number of likely N-dealkylation sites (N-methyl/N-ethyl adjacent to an activating group) is 1. The Labute approximate surface area is 79.3 Å². The molecule has 0 aliphatic carbocycles. The zero-order valence-corrected chi connectivity index (χ0v) is 8.40. The molecule has 0 saturated carbocycles. The van der Waals surface area contributed by atoms with Crippen LogP contribution >= 0.6 is 0 Å². The smallest absolute Gasteiger partial charge is 0.0658 e. The molecule has 1 aliphatic heterocycles. The van der Waals surface area contributed by atoms with Crippen LogP contribution in [0.4, 0.5) is 0 Å². The van der Waals surface area contributed by atoms with Crippen molar-refractivity contribution in [3.05, 3.63) is 18.0 Å². The molecule has 1 aromatic rings. The molecule has 2 rings (SSSR count). The fraction of sp³-hybridized carbons (Fsp3) is 0.700.